The van der Waals surface area contributed by atoms with Crippen LogP contribution in [0.1, 0.15) is 42.3 Å². The molecule has 2 heterocycles. The predicted molar refractivity (Wildman–Crippen MR) is 124 cm³/mol. The van der Waals surface area contributed by atoms with Gasteiger partial charge in [-0.15, -0.1) is 0 Å². The highest BCUT2D eigenvalue weighted by molar-refractivity contribution is 6.31. The molecule has 5 nitrogen and oxygen atoms in total. The van der Waals surface area contributed by atoms with Crippen molar-refractivity contribution >= 4 is 23.6 Å². The van der Waals surface area contributed by atoms with E-state index in [0.29, 0.717) is 5.69 Å². The van der Waals surface area contributed by atoms with E-state index in [4.69, 9.17) is 0 Å². The van der Waals surface area contributed by atoms with Crippen molar-refractivity contribution in [2.45, 2.75) is 40.0 Å². The summed E-state index contributed by atoms with van der Waals surface area (Å²) in [6.07, 6.45) is 5.15. The highest BCUT2D eigenvalue weighted by Crippen LogP contribution is 2.26. The first-order valence-corrected chi connectivity index (χ1v) is 10.7. The third-order valence-corrected chi connectivity index (χ3v) is 5.69. The van der Waals surface area contributed by atoms with Gasteiger partial charge in [-0.2, -0.15) is 0 Å². The van der Waals surface area contributed by atoms with Gasteiger partial charge in [-0.05, 0) is 74.2 Å². The number of benzene rings is 2. The van der Waals surface area contributed by atoms with E-state index in [1.807, 2.05) is 38.1 Å². The van der Waals surface area contributed by atoms with Crippen molar-refractivity contribution in [3.05, 3.63) is 88.8 Å². The lowest BCUT2D eigenvalue weighted by Gasteiger charge is -2.13. The number of hydrazine groups is 1. The Bertz CT molecular complexity index is 1140. The highest BCUT2D eigenvalue weighted by Gasteiger charge is 2.34. The summed E-state index contributed by atoms with van der Waals surface area (Å²) in [6.45, 7) is 6.24. The molecule has 1 aliphatic heterocycles. The molecule has 0 radical (unpaired) electrons. The summed E-state index contributed by atoms with van der Waals surface area (Å²) in [4.78, 5) is 25.4. The zero-order chi connectivity index (χ0) is 22.0. The third-order valence-electron chi connectivity index (χ3n) is 5.69. The molecule has 0 spiro atoms. The van der Waals surface area contributed by atoms with E-state index in [1.165, 1.54) is 23.4 Å². The van der Waals surface area contributed by atoms with Gasteiger partial charge in [0, 0.05) is 17.1 Å². The molecule has 0 saturated carbocycles. The van der Waals surface area contributed by atoms with Gasteiger partial charge in [0.15, 0.2) is 0 Å². The van der Waals surface area contributed by atoms with Crippen LogP contribution in [0.2, 0.25) is 0 Å². The fourth-order valence-corrected chi connectivity index (χ4v) is 4.00. The van der Waals surface area contributed by atoms with Crippen molar-refractivity contribution < 1.29 is 9.59 Å². The zero-order valence-corrected chi connectivity index (χ0v) is 18.2. The van der Waals surface area contributed by atoms with Gasteiger partial charge in [0.05, 0.1) is 5.69 Å². The summed E-state index contributed by atoms with van der Waals surface area (Å²) in [5.74, 6) is -0.736. The Kier molecular flexibility index (Phi) is 5.76. The van der Waals surface area contributed by atoms with E-state index in [2.05, 4.69) is 41.2 Å². The summed E-state index contributed by atoms with van der Waals surface area (Å²) >= 11 is 0. The molecular weight excluding hydrogens is 386 g/mol. The Hall–Kier alpha value is -3.60. The molecule has 1 saturated heterocycles. The van der Waals surface area contributed by atoms with Crippen molar-refractivity contribution in [3.8, 4) is 5.69 Å². The number of amides is 2. The molecule has 3 aromatic rings. The second-order valence-electron chi connectivity index (χ2n) is 7.91. The summed E-state index contributed by atoms with van der Waals surface area (Å²) in [5, 5.41) is 1.29. The van der Waals surface area contributed by atoms with Crippen molar-refractivity contribution in [2.24, 2.45) is 0 Å². The van der Waals surface area contributed by atoms with Crippen LogP contribution in [0.5, 0.6) is 0 Å². The number of anilines is 1. The monoisotopic (exact) mass is 413 g/mol. The maximum Gasteiger partial charge on any atom is 0.282 e. The number of unbranched alkanes of at least 4 members (excludes halogenated alkanes) is 1. The number of hydrogen-bond donors (Lipinski definition) is 1. The van der Waals surface area contributed by atoms with Crippen molar-refractivity contribution in [2.75, 3.05) is 5.01 Å². The van der Waals surface area contributed by atoms with Crippen LogP contribution in [0.25, 0.3) is 11.8 Å². The minimum absolute atomic E-state index is 0.138. The van der Waals surface area contributed by atoms with Crippen LogP contribution in [0, 0.1) is 13.8 Å². The molecule has 2 aromatic carbocycles. The maximum absolute atomic E-state index is 12.9. The van der Waals surface area contributed by atoms with E-state index >= 15 is 0 Å². The summed E-state index contributed by atoms with van der Waals surface area (Å²) in [6, 6.07) is 19.7. The standard InChI is InChI=1S/C26H27N3O2/c1-4-5-9-20-12-14-22(15-13-20)28-18(2)16-21(19(28)3)17-24-25(30)27-29(26(24)31)23-10-7-6-8-11-23/h6-8,10-17H,4-5,9H2,1-3H3,(H,27,30)/b24-17-. The second kappa shape index (κ2) is 8.64. The second-order valence-corrected chi connectivity index (χ2v) is 7.91. The minimum atomic E-state index is -0.390. The van der Waals surface area contributed by atoms with Crippen molar-refractivity contribution in [1.82, 2.24) is 9.99 Å². The lowest BCUT2D eigenvalue weighted by molar-refractivity contribution is -0.117. The summed E-state index contributed by atoms with van der Waals surface area (Å²) in [7, 11) is 0. The number of nitrogens with zero attached hydrogens (tertiary/aromatic N) is 2. The first kappa shape index (κ1) is 20.7. The fourth-order valence-electron chi connectivity index (χ4n) is 4.00. The first-order valence-electron chi connectivity index (χ1n) is 10.7. The largest absolute Gasteiger partial charge is 0.318 e. The lowest BCUT2D eigenvalue weighted by atomic mass is 10.1. The molecule has 1 fully saturated rings. The number of carbonyl (C=O) groups is 2. The average molecular weight is 414 g/mol. The molecule has 158 valence electrons. The van der Waals surface area contributed by atoms with Crippen LogP contribution in [-0.2, 0) is 16.0 Å². The van der Waals surface area contributed by atoms with Crippen LogP contribution in [0.3, 0.4) is 0 Å². The van der Waals surface area contributed by atoms with Gasteiger partial charge in [-0.25, -0.2) is 5.01 Å². The maximum atomic E-state index is 12.9. The average Bonchev–Trinajstić information content (AvgIpc) is 3.23. The highest BCUT2D eigenvalue weighted by atomic mass is 16.2. The van der Waals surface area contributed by atoms with Crippen LogP contribution < -0.4 is 10.4 Å². The Morgan fingerprint density at radius 1 is 0.935 bits per heavy atom. The lowest BCUT2D eigenvalue weighted by Crippen LogP contribution is -2.35. The molecule has 2 amide bonds. The Morgan fingerprint density at radius 3 is 2.32 bits per heavy atom. The third kappa shape index (κ3) is 4.04. The number of aromatic nitrogens is 1. The Balaban J connectivity index is 1.64. The van der Waals surface area contributed by atoms with E-state index in [-0.39, 0.29) is 17.4 Å². The first-order chi connectivity index (χ1) is 15.0. The zero-order valence-electron chi connectivity index (χ0n) is 18.2. The van der Waals surface area contributed by atoms with Gasteiger partial charge in [-0.3, -0.25) is 15.0 Å². The van der Waals surface area contributed by atoms with E-state index in [1.54, 1.807) is 18.2 Å². The number of para-hydroxylation sites is 1. The smallest absolute Gasteiger partial charge is 0.282 e. The predicted octanol–water partition coefficient (Wildman–Crippen LogP) is 4.90. The molecule has 0 aliphatic carbocycles. The molecule has 1 aromatic heterocycles. The van der Waals surface area contributed by atoms with Gasteiger partial charge in [0.2, 0.25) is 0 Å². The van der Waals surface area contributed by atoms with E-state index < -0.39 is 0 Å². The molecule has 1 aliphatic rings. The van der Waals surface area contributed by atoms with Crippen molar-refractivity contribution in [1.29, 1.82) is 0 Å². The number of carbonyl (C=O) groups excluding carboxylic acids is 2. The molecule has 4 rings (SSSR count). The number of nitrogens with one attached hydrogen (secondary N) is 1. The quantitative estimate of drug-likeness (QED) is 0.462. The Morgan fingerprint density at radius 2 is 1.65 bits per heavy atom. The molecular formula is C26H27N3O2. The molecule has 0 bridgehead atoms. The fraction of sp³-hybridized carbons (Fsp3) is 0.231. The number of rotatable bonds is 6. The van der Waals surface area contributed by atoms with Crippen LogP contribution >= 0.6 is 0 Å². The van der Waals surface area contributed by atoms with Crippen LogP contribution in [0.15, 0.2) is 66.2 Å². The van der Waals surface area contributed by atoms with Gasteiger partial charge in [-0.1, -0.05) is 43.7 Å². The van der Waals surface area contributed by atoms with Gasteiger partial charge >= 0.3 is 0 Å². The molecule has 1 N–H and O–H groups in total. The Labute approximate surface area is 183 Å². The molecule has 0 atom stereocenters. The molecule has 5 heteroatoms. The number of aryl methyl sites for hydroxylation is 2. The summed E-state index contributed by atoms with van der Waals surface area (Å²) in [5.41, 5.74) is 8.75. The topological polar surface area (TPSA) is 54.3 Å². The number of hydrogen-bond acceptors (Lipinski definition) is 2. The van der Waals surface area contributed by atoms with E-state index in [9.17, 15) is 9.59 Å². The SMILES string of the molecule is CCCCc1ccc(-n2c(C)cc(/C=C3/C(=O)NN(c4ccccc4)C3=O)c2C)cc1. The molecule has 31 heavy (non-hydrogen) atoms. The minimum Gasteiger partial charge on any atom is -0.318 e. The van der Waals surface area contributed by atoms with Gasteiger partial charge in [0.1, 0.15) is 5.57 Å². The van der Waals surface area contributed by atoms with Crippen LogP contribution in [-0.4, -0.2) is 16.4 Å². The van der Waals surface area contributed by atoms with E-state index in [0.717, 1.165) is 29.1 Å². The normalized spacial score (nSPS) is 15.1. The van der Waals surface area contributed by atoms with Gasteiger partial charge in [0.25, 0.3) is 11.8 Å². The molecule has 0 unspecified atom stereocenters. The van der Waals surface area contributed by atoms with Crippen LogP contribution in [0.4, 0.5) is 5.69 Å². The summed E-state index contributed by atoms with van der Waals surface area (Å²) < 4.78 is 2.16. The van der Waals surface area contributed by atoms with Crippen molar-refractivity contribution in [3.63, 3.8) is 0 Å². The van der Waals surface area contributed by atoms with Gasteiger partial charge < -0.3 is 4.57 Å².